The molecule has 7 nitrogen and oxygen atoms in total. The Morgan fingerprint density at radius 1 is 0.923 bits per heavy atom. The molecule has 2 amide bonds. The highest BCUT2D eigenvalue weighted by molar-refractivity contribution is 5.88. The molecule has 0 atom stereocenters. The molecule has 7 heteroatoms. The number of nitrogens with zero attached hydrogens (tertiary/aromatic N) is 2. The van der Waals surface area contributed by atoms with E-state index in [1.807, 2.05) is 30.3 Å². The first-order valence-corrected chi connectivity index (χ1v) is 8.20. The molecule has 0 aliphatic rings. The molecule has 0 spiro atoms. The summed E-state index contributed by atoms with van der Waals surface area (Å²) in [5.74, 6) is -0.660. The van der Waals surface area contributed by atoms with Crippen LogP contribution in [0, 0.1) is 0 Å². The highest BCUT2D eigenvalue weighted by Gasteiger charge is 2.09. The Morgan fingerprint density at radius 3 is 2.42 bits per heavy atom. The van der Waals surface area contributed by atoms with Crippen LogP contribution >= 0.6 is 0 Å². The van der Waals surface area contributed by atoms with Gasteiger partial charge in [0.05, 0.1) is 10.9 Å². The molecular formula is C19H18N4O3. The lowest BCUT2D eigenvalue weighted by Gasteiger charge is -2.09. The summed E-state index contributed by atoms with van der Waals surface area (Å²) >= 11 is 0. The third kappa shape index (κ3) is 4.32. The van der Waals surface area contributed by atoms with Crippen molar-refractivity contribution in [3.05, 3.63) is 76.8 Å². The van der Waals surface area contributed by atoms with Crippen LogP contribution in [0.2, 0.25) is 0 Å². The number of aromatic nitrogens is 2. The first-order valence-electron chi connectivity index (χ1n) is 8.20. The lowest BCUT2D eigenvalue weighted by molar-refractivity contribution is -0.124. The molecule has 0 bridgehead atoms. The first-order chi connectivity index (χ1) is 12.6. The van der Waals surface area contributed by atoms with Crippen LogP contribution in [0.4, 0.5) is 0 Å². The molecule has 0 aliphatic carbocycles. The van der Waals surface area contributed by atoms with E-state index in [0.29, 0.717) is 17.4 Å². The van der Waals surface area contributed by atoms with Crippen molar-refractivity contribution in [2.75, 3.05) is 5.43 Å². The number of nitrogens with one attached hydrogen (secondary N) is 2. The predicted molar refractivity (Wildman–Crippen MR) is 97.9 cm³/mol. The summed E-state index contributed by atoms with van der Waals surface area (Å²) in [4.78, 5) is 40.3. The van der Waals surface area contributed by atoms with E-state index in [2.05, 4.69) is 15.7 Å². The Morgan fingerprint density at radius 2 is 1.62 bits per heavy atom. The molecular weight excluding hydrogens is 332 g/mol. The second-order valence-corrected chi connectivity index (χ2v) is 5.73. The molecule has 26 heavy (non-hydrogen) atoms. The van der Waals surface area contributed by atoms with Gasteiger partial charge in [-0.15, -0.1) is 0 Å². The van der Waals surface area contributed by atoms with E-state index in [1.54, 1.807) is 24.3 Å². The third-order valence-corrected chi connectivity index (χ3v) is 3.82. The van der Waals surface area contributed by atoms with Gasteiger partial charge in [-0.2, -0.15) is 0 Å². The number of carbonyl (C=O) groups excluding carboxylic acids is 2. The summed E-state index contributed by atoms with van der Waals surface area (Å²) in [6.07, 6.45) is 1.27. The lowest BCUT2D eigenvalue weighted by Crippen LogP contribution is -2.34. The minimum absolute atomic E-state index is 0.0279. The molecule has 0 radical (unpaired) electrons. The summed E-state index contributed by atoms with van der Waals surface area (Å²) in [7, 11) is 0. The average Bonchev–Trinajstić information content (AvgIpc) is 2.68. The maximum Gasteiger partial charge on any atom is 0.280 e. The maximum atomic E-state index is 12.3. The van der Waals surface area contributed by atoms with Crippen molar-refractivity contribution in [1.82, 2.24) is 15.0 Å². The van der Waals surface area contributed by atoms with E-state index in [1.165, 1.54) is 6.33 Å². The number of amides is 2. The molecule has 0 saturated heterocycles. The number of hydrogen-bond donors (Lipinski definition) is 2. The van der Waals surface area contributed by atoms with Gasteiger partial charge in [-0.25, -0.2) is 9.66 Å². The Labute approximate surface area is 149 Å². The highest BCUT2D eigenvalue weighted by atomic mass is 16.2. The summed E-state index contributed by atoms with van der Waals surface area (Å²) in [5.41, 5.74) is 3.63. The van der Waals surface area contributed by atoms with Gasteiger partial charge in [0.15, 0.2) is 0 Å². The summed E-state index contributed by atoms with van der Waals surface area (Å²) in [6.45, 7) is 0.412. The molecule has 3 rings (SSSR count). The van der Waals surface area contributed by atoms with Gasteiger partial charge >= 0.3 is 0 Å². The second-order valence-electron chi connectivity index (χ2n) is 5.73. The molecule has 0 unspecified atom stereocenters. The van der Waals surface area contributed by atoms with Crippen LogP contribution in [0.25, 0.3) is 10.9 Å². The van der Waals surface area contributed by atoms with Gasteiger partial charge in [0.1, 0.15) is 6.33 Å². The van der Waals surface area contributed by atoms with Crippen LogP contribution < -0.4 is 16.3 Å². The zero-order valence-corrected chi connectivity index (χ0v) is 14.0. The standard InChI is InChI=1S/C19H18N4O3/c24-17(20-12-14-6-2-1-3-7-14)10-11-18(25)22-23-13-21-16-9-5-4-8-15(16)19(23)26/h1-9,13H,10-12H2,(H,20,24)(H,22,25). The van der Waals surface area contributed by atoms with Gasteiger partial charge in [-0.1, -0.05) is 42.5 Å². The number of rotatable bonds is 6. The Balaban J connectivity index is 1.52. The number of carbonyl (C=O) groups is 2. The molecule has 0 saturated carbocycles. The molecule has 3 aromatic rings. The van der Waals surface area contributed by atoms with Crippen LogP contribution in [0.1, 0.15) is 18.4 Å². The fourth-order valence-corrected chi connectivity index (χ4v) is 2.45. The minimum Gasteiger partial charge on any atom is -0.352 e. The molecule has 132 valence electrons. The third-order valence-electron chi connectivity index (χ3n) is 3.82. The summed E-state index contributed by atoms with van der Waals surface area (Å²) < 4.78 is 1.03. The van der Waals surface area contributed by atoms with Gasteiger partial charge in [-0.05, 0) is 17.7 Å². The number of para-hydroxylation sites is 1. The van der Waals surface area contributed by atoms with Crippen molar-refractivity contribution in [3.8, 4) is 0 Å². The van der Waals surface area contributed by atoms with E-state index in [0.717, 1.165) is 10.2 Å². The quantitative estimate of drug-likeness (QED) is 0.706. The van der Waals surface area contributed by atoms with Crippen molar-refractivity contribution in [3.63, 3.8) is 0 Å². The van der Waals surface area contributed by atoms with Gasteiger partial charge in [0.2, 0.25) is 11.8 Å². The monoisotopic (exact) mass is 350 g/mol. The van der Waals surface area contributed by atoms with Crippen molar-refractivity contribution in [1.29, 1.82) is 0 Å². The van der Waals surface area contributed by atoms with E-state index in [-0.39, 0.29) is 24.3 Å². The number of fused-ring (bicyclic) bond motifs is 1. The van der Waals surface area contributed by atoms with E-state index in [4.69, 9.17) is 0 Å². The zero-order chi connectivity index (χ0) is 18.4. The molecule has 0 aliphatic heterocycles. The van der Waals surface area contributed by atoms with Crippen LogP contribution in [0.5, 0.6) is 0 Å². The van der Waals surface area contributed by atoms with Crippen molar-refractivity contribution >= 4 is 22.7 Å². The summed E-state index contributed by atoms with van der Waals surface area (Å²) in [6, 6.07) is 16.4. The largest absolute Gasteiger partial charge is 0.352 e. The van der Waals surface area contributed by atoms with Crippen LogP contribution in [-0.2, 0) is 16.1 Å². The van der Waals surface area contributed by atoms with Gasteiger partial charge < -0.3 is 5.32 Å². The van der Waals surface area contributed by atoms with Crippen molar-refractivity contribution < 1.29 is 9.59 Å². The topological polar surface area (TPSA) is 93.1 Å². The molecule has 2 N–H and O–H groups in total. The van der Waals surface area contributed by atoms with Crippen molar-refractivity contribution in [2.45, 2.75) is 19.4 Å². The predicted octanol–water partition coefficient (Wildman–Crippen LogP) is 1.56. The number of hydrogen-bond acceptors (Lipinski definition) is 4. The fraction of sp³-hybridized carbons (Fsp3) is 0.158. The van der Waals surface area contributed by atoms with Gasteiger partial charge in [-0.3, -0.25) is 19.8 Å². The fourth-order valence-electron chi connectivity index (χ4n) is 2.45. The van der Waals surface area contributed by atoms with Crippen molar-refractivity contribution in [2.24, 2.45) is 0 Å². The van der Waals surface area contributed by atoms with E-state index < -0.39 is 5.91 Å². The zero-order valence-electron chi connectivity index (χ0n) is 14.0. The Hall–Kier alpha value is -3.48. The number of benzene rings is 2. The Kier molecular flexibility index (Phi) is 5.38. The van der Waals surface area contributed by atoms with Crippen LogP contribution in [0.3, 0.4) is 0 Å². The SMILES string of the molecule is O=C(CCC(=O)Nn1cnc2ccccc2c1=O)NCc1ccccc1. The Bertz CT molecular complexity index is 983. The van der Waals surface area contributed by atoms with Crippen LogP contribution in [0.15, 0.2) is 65.7 Å². The van der Waals surface area contributed by atoms with Gasteiger partial charge in [0.25, 0.3) is 5.56 Å². The second kappa shape index (κ2) is 8.06. The molecule has 1 aromatic heterocycles. The smallest absolute Gasteiger partial charge is 0.280 e. The first kappa shape index (κ1) is 17.3. The highest BCUT2D eigenvalue weighted by Crippen LogP contribution is 2.04. The summed E-state index contributed by atoms with van der Waals surface area (Å²) in [5, 5.41) is 3.17. The molecule has 1 heterocycles. The normalized spacial score (nSPS) is 10.5. The molecule has 2 aromatic carbocycles. The van der Waals surface area contributed by atoms with Crippen LogP contribution in [-0.4, -0.2) is 21.5 Å². The lowest BCUT2D eigenvalue weighted by atomic mass is 10.2. The molecule has 0 fully saturated rings. The van der Waals surface area contributed by atoms with E-state index in [9.17, 15) is 14.4 Å². The maximum absolute atomic E-state index is 12.3. The van der Waals surface area contributed by atoms with Gasteiger partial charge in [0, 0.05) is 19.4 Å². The average molecular weight is 350 g/mol. The van der Waals surface area contributed by atoms with E-state index >= 15 is 0 Å². The minimum atomic E-state index is -0.431.